The van der Waals surface area contributed by atoms with Crippen LogP contribution in [0.2, 0.25) is 0 Å². The maximum absolute atomic E-state index is 12.8. The lowest BCUT2D eigenvalue weighted by atomic mass is 10.1. The Morgan fingerprint density at radius 3 is 2.85 bits per heavy atom. The first-order chi connectivity index (χ1) is 12.5. The van der Waals surface area contributed by atoms with Crippen molar-refractivity contribution in [1.29, 1.82) is 0 Å². The molecule has 2 aromatic rings. The van der Waals surface area contributed by atoms with Crippen LogP contribution in [0.25, 0.3) is 11.4 Å². The van der Waals surface area contributed by atoms with E-state index >= 15 is 0 Å². The molecule has 2 amide bonds. The highest BCUT2D eigenvalue weighted by Crippen LogP contribution is 2.32. The zero-order chi connectivity index (χ0) is 18.3. The number of benzene rings is 1. The second-order valence-corrected chi connectivity index (χ2v) is 7.63. The Kier molecular flexibility index (Phi) is 4.40. The Bertz CT molecular complexity index is 801. The van der Waals surface area contributed by atoms with Gasteiger partial charge in [-0.3, -0.25) is 0 Å². The number of rotatable bonds is 3. The highest BCUT2D eigenvalue weighted by molar-refractivity contribution is 5.93. The Balaban J connectivity index is 1.54. The molecule has 1 N–H and O–H groups in total. The fourth-order valence-electron chi connectivity index (χ4n) is 4.13. The highest BCUT2D eigenvalue weighted by Gasteiger charge is 2.41. The third kappa shape index (κ3) is 2.96. The smallest absolute Gasteiger partial charge is 0.321 e. The summed E-state index contributed by atoms with van der Waals surface area (Å²) >= 11 is 0. The molecule has 0 saturated carbocycles. The summed E-state index contributed by atoms with van der Waals surface area (Å²) in [5.41, 5.74) is 1.67. The molecule has 0 radical (unpaired) electrons. The Labute approximate surface area is 154 Å². The second kappa shape index (κ2) is 6.72. The minimum Gasteiger partial charge on any atom is -0.323 e. The number of likely N-dealkylation sites (N-methyl/N-ethyl adjacent to an activating group) is 1. The standard InChI is InChI=1S/C19H26N6O/c1-13(2)25-12-20-22-18(25)15-6-4-5-7-16(15)21-19(26)24-10-14-8-9-23(3)17(14)11-24/h4-7,12-14,17H,8-11H2,1-3H3,(H,21,26)/t14-,17+/m0/s1. The number of nitrogens with zero attached hydrogens (tertiary/aromatic N) is 5. The van der Waals surface area contributed by atoms with E-state index in [0.717, 1.165) is 36.7 Å². The van der Waals surface area contributed by atoms with Crippen LogP contribution in [0.4, 0.5) is 10.5 Å². The summed E-state index contributed by atoms with van der Waals surface area (Å²) in [6.07, 6.45) is 2.91. The third-order valence-corrected chi connectivity index (χ3v) is 5.65. The predicted octanol–water partition coefficient (Wildman–Crippen LogP) is 2.69. The lowest BCUT2D eigenvalue weighted by Crippen LogP contribution is -2.37. The van der Waals surface area contributed by atoms with Gasteiger partial charge in [0.2, 0.25) is 0 Å². The molecule has 3 heterocycles. The van der Waals surface area contributed by atoms with Gasteiger partial charge in [0.05, 0.1) is 5.69 Å². The quantitative estimate of drug-likeness (QED) is 0.920. The molecule has 2 fully saturated rings. The van der Waals surface area contributed by atoms with Crippen LogP contribution in [0.3, 0.4) is 0 Å². The summed E-state index contributed by atoms with van der Waals surface area (Å²) in [6.45, 7) is 6.96. The van der Waals surface area contributed by atoms with Crippen molar-refractivity contribution in [2.45, 2.75) is 32.4 Å². The summed E-state index contributed by atoms with van der Waals surface area (Å²) in [7, 11) is 2.15. The minimum absolute atomic E-state index is 0.0316. The van der Waals surface area contributed by atoms with E-state index in [4.69, 9.17) is 0 Å². The number of fused-ring (bicyclic) bond motifs is 1. The fraction of sp³-hybridized carbons (Fsp3) is 0.526. The average molecular weight is 354 g/mol. The molecule has 1 aromatic heterocycles. The maximum Gasteiger partial charge on any atom is 0.321 e. The SMILES string of the molecule is CC(C)n1cnnc1-c1ccccc1NC(=O)N1C[C@@H]2CCN(C)[C@@H]2C1. The Morgan fingerprint density at radius 2 is 2.08 bits per heavy atom. The molecular formula is C19H26N6O. The highest BCUT2D eigenvalue weighted by atomic mass is 16.2. The van der Waals surface area contributed by atoms with Gasteiger partial charge in [0, 0.05) is 30.7 Å². The molecule has 0 aliphatic carbocycles. The molecule has 0 bridgehead atoms. The van der Waals surface area contributed by atoms with Crippen molar-refractivity contribution < 1.29 is 4.79 Å². The monoisotopic (exact) mass is 354 g/mol. The van der Waals surface area contributed by atoms with Gasteiger partial charge in [-0.15, -0.1) is 10.2 Å². The van der Waals surface area contributed by atoms with E-state index in [9.17, 15) is 4.79 Å². The number of hydrogen-bond acceptors (Lipinski definition) is 4. The number of carbonyl (C=O) groups is 1. The lowest BCUT2D eigenvalue weighted by Gasteiger charge is -2.22. The molecule has 26 heavy (non-hydrogen) atoms. The van der Waals surface area contributed by atoms with Crippen molar-refractivity contribution in [1.82, 2.24) is 24.6 Å². The van der Waals surface area contributed by atoms with E-state index in [-0.39, 0.29) is 12.1 Å². The number of amides is 2. The summed E-state index contributed by atoms with van der Waals surface area (Å²) in [5.74, 6) is 1.37. The van der Waals surface area contributed by atoms with Crippen LogP contribution < -0.4 is 5.32 Å². The first-order valence-corrected chi connectivity index (χ1v) is 9.29. The first kappa shape index (κ1) is 17.0. The number of nitrogens with one attached hydrogen (secondary N) is 1. The molecule has 4 rings (SSSR count). The number of urea groups is 1. The van der Waals surface area contributed by atoms with Crippen LogP contribution >= 0.6 is 0 Å². The van der Waals surface area contributed by atoms with Crippen molar-refractivity contribution in [2.75, 3.05) is 32.0 Å². The van der Waals surface area contributed by atoms with Crippen molar-refractivity contribution in [3.63, 3.8) is 0 Å². The van der Waals surface area contributed by atoms with Gasteiger partial charge in [-0.25, -0.2) is 4.79 Å². The van der Waals surface area contributed by atoms with E-state index in [2.05, 4.69) is 41.3 Å². The maximum atomic E-state index is 12.8. The number of likely N-dealkylation sites (tertiary alicyclic amines) is 2. The molecule has 0 unspecified atom stereocenters. The largest absolute Gasteiger partial charge is 0.323 e. The number of anilines is 1. The summed E-state index contributed by atoms with van der Waals surface area (Å²) in [5, 5.41) is 11.4. The molecule has 7 nitrogen and oxygen atoms in total. The Hall–Kier alpha value is -2.41. The van der Waals surface area contributed by atoms with Gasteiger partial charge in [-0.2, -0.15) is 0 Å². The van der Waals surface area contributed by atoms with Gasteiger partial charge in [0.25, 0.3) is 0 Å². The van der Waals surface area contributed by atoms with Crippen molar-refractivity contribution >= 4 is 11.7 Å². The zero-order valence-electron chi connectivity index (χ0n) is 15.6. The molecule has 0 spiro atoms. The van der Waals surface area contributed by atoms with Gasteiger partial charge in [0.1, 0.15) is 6.33 Å². The van der Waals surface area contributed by atoms with E-state index in [1.165, 1.54) is 6.42 Å². The molecule has 1 aromatic carbocycles. The second-order valence-electron chi connectivity index (χ2n) is 7.63. The number of para-hydroxylation sites is 1. The summed E-state index contributed by atoms with van der Waals surface area (Å²) in [4.78, 5) is 17.2. The van der Waals surface area contributed by atoms with Crippen LogP contribution in [0.15, 0.2) is 30.6 Å². The number of hydrogen-bond donors (Lipinski definition) is 1. The van der Waals surface area contributed by atoms with Crippen LogP contribution in [-0.2, 0) is 0 Å². The van der Waals surface area contributed by atoms with Crippen molar-refractivity contribution in [2.24, 2.45) is 5.92 Å². The van der Waals surface area contributed by atoms with Gasteiger partial charge in [0.15, 0.2) is 5.82 Å². The Morgan fingerprint density at radius 1 is 1.27 bits per heavy atom. The van der Waals surface area contributed by atoms with Gasteiger partial charge in [-0.05, 0) is 51.9 Å². The molecule has 7 heteroatoms. The topological polar surface area (TPSA) is 66.3 Å². The van der Waals surface area contributed by atoms with E-state index < -0.39 is 0 Å². The van der Waals surface area contributed by atoms with Gasteiger partial charge >= 0.3 is 6.03 Å². The normalized spacial score (nSPS) is 22.8. The molecule has 2 saturated heterocycles. The van der Waals surface area contributed by atoms with Crippen molar-refractivity contribution in [3.8, 4) is 11.4 Å². The van der Waals surface area contributed by atoms with Crippen molar-refractivity contribution in [3.05, 3.63) is 30.6 Å². The lowest BCUT2D eigenvalue weighted by molar-refractivity contribution is 0.213. The zero-order valence-corrected chi connectivity index (χ0v) is 15.6. The van der Waals surface area contributed by atoms with E-state index in [0.29, 0.717) is 12.0 Å². The molecule has 2 aliphatic heterocycles. The molecule has 2 atom stereocenters. The molecular weight excluding hydrogens is 328 g/mol. The molecule has 138 valence electrons. The predicted molar refractivity (Wildman–Crippen MR) is 101 cm³/mol. The summed E-state index contributed by atoms with van der Waals surface area (Å²) in [6, 6.07) is 8.51. The van der Waals surface area contributed by atoms with Crippen LogP contribution in [0.1, 0.15) is 26.3 Å². The average Bonchev–Trinajstić information content (AvgIpc) is 3.33. The van der Waals surface area contributed by atoms with Gasteiger partial charge in [-0.1, -0.05) is 12.1 Å². The van der Waals surface area contributed by atoms with Gasteiger partial charge < -0.3 is 19.7 Å². The third-order valence-electron chi connectivity index (χ3n) is 5.65. The minimum atomic E-state index is -0.0316. The number of carbonyl (C=O) groups excluding carboxylic acids is 1. The number of aromatic nitrogens is 3. The van der Waals surface area contributed by atoms with Crippen LogP contribution in [-0.4, -0.2) is 63.3 Å². The van der Waals surface area contributed by atoms with E-state index in [1.807, 2.05) is 33.7 Å². The molecule has 2 aliphatic rings. The first-order valence-electron chi connectivity index (χ1n) is 9.29. The fourth-order valence-corrected chi connectivity index (χ4v) is 4.13. The summed E-state index contributed by atoms with van der Waals surface area (Å²) < 4.78 is 2.01. The van der Waals surface area contributed by atoms with E-state index in [1.54, 1.807) is 6.33 Å². The van der Waals surface area contributed by atoms with Crippen LogP contribution in [0.5, 0.6) is 0 Å². The van der Waals surface area contributed by atoms with Crippen LogP contribution in [0, 0.1) is 5.92 Å².